The van der Waals surface area contributed by atoms with E-state index in [4.69, 9.17) is 12.2 Å². The van der Waals surface area contributed by atoms with Crippen LogP contribution in [0, 0.1) is 10.9 Å². The van der Waals surface area contributed by atoms with E-state index in [0.717, 1.165) is 10.8 Å². The third kappa shape index (κ3) is 2.24. The number of aryl methyl sites for hydroxylation is 1. The summed E-state index contributed by atoms with van der Waals surface area (Å²) in [6.07, 6.45) is 0. The van der Waals surface area contributed by atoms with E-state index in [-0.39, 0.29) is 0 Å². The second-order valence-corrected chi connectivity index (χ2v) is 4.93. The summed E-state index contributed by atoms with van der Waals surface area (Å²) >= 11 is 6.47. The highest BCUT2D eigenvalue weighted by molar-refractivity contribution is 7.73. The maximum absolute atomic E-state index is 5.00. The number of nitrogens with one attached hydrogen (secondary N) is 1. The Bertz CT molecular complexity index is 498. The van der Waals surface area contributed by atoms with Crippen molar-refractivity contribution in [2.75, 3.05) is 11.9 Å². The molecule has 0 radical (unpaired) electrons. The van der Waals surface area contributed by atoms with Crippen LogP contribution in [-0.2, 0) is 0 Å². The number of hydrogen-bond acceptors (Lipinski definition) is 4. The Hall–Kier alpha value is -1.20. The lowest BCUT2D eigenvalue weighted by Crippen LogP contribution is -2.08. The van der Waals surface area contributed by atoms with Crippen LogP contribution in [0.15, 0.2) is 24.3 Å². The average Bonchev–Trinajstić information content (AvgIpc) is 2.65. The van der Waals surface area contributed by atoms with Gasteiger partial charge in [0, 0.05) is 12.7 Å². The quantitative estimate of drug-likeness (QED) is 0.813. The van der Waals surface area contributed by atoms with E-state index >= 15 is 0 Å². The van der Waals surface area contributed by atoms with Gasteiger partial charge in [-0.2, -0.15) is 0 Å². The van der Waals surface area contributed by atoms with E-state index in [2.05, 4.69) is 41.4 Å². The van der Waals surface area contributed by atoms with Crippen molar-refractivity contribution in [1.29, 1.82) is 0 Å². The summed E-state index contributed by atoms with van der Waals surface area (Å²) in [5.74, 6) is 0. The number of benzene rings is 1. The van der Waals surface area contributed by atoms with Crippen LogP contribution in [0.2, 0.25) is 0 Å². The Morgan fingerprint density at radius 3 is 2.53 bits per heavy atom. The number of nitrogens with zero attached hydrogens (tertiary/aromatic N) is 2. The summed E-state index contributed by atoms with van der Waals surface area (Å²) in [6, 6.07) is 8.30. The summed E-state index contributed by atoms with van der Waals surface area (Å²) < 4.78 is 0.698. The van der Waals surface area contributed by atoms with Gasteiger partial charge in [-0.25, -0.2) is 0 Å². The minimum absolute atomic E-state index is 0.698. The van der Waals surface area contributed by atoms with Gasteiger partial charge in [0.2, 0.25) is 5.13 Å². The topological polar surface area (TPSA) is 31.9 Å². The molecule has 0 saturated carbocycles. The number of anilines is 2. The fraction of sp³-hybridized carbons (Fsp3) is 0.200. The molecule has 1 N–H and O–H groups in total. The van der Waals surface area contributed by atoms with Crippen LogP contribution >= 0.6 is 23.6 Å². The molecule has 1 aromatic heterocycles. The van der Waals surface area contributed by atoms with Crippen molar-refractivity contribution >= 4 is 34.4 Å². The average molecular weight is 237 g/mol. The molecular weight excluding hydrogens is 226 g/mol. The van der Waals surface area contributed by atoms with Crippen LogP contribution in [0.4, 0.5) is 10.8 Å². The molecule has 0 saturated heterocycles. The van der Waals surface area contributed by atoms with E-state index in [9.17, 15) is 0 Å². The molecule has 0 spiro atoms. The molecule has 1 heterocycles. The van der Waals surface area contributed by atoms with Crippen LogP contribution in [0.3, 0.4) is 0 Å². The molecule has 0 aliphatic carbocycles. The Balaban J connectivity index is 2.31. The molecule has 0 aliphatic rings. The van der Waals surface area contributed by atoms with Crippen LogP contribution < -0.4 is 4.90 Å². The molecular formula is C10H11N3S2. The smallest absolute Gasteiger partial charge is 0.211 e. The van der Waals surface area contributed by atoms with Crippen molar-refractivity contribution in [3.8, 4) is 0 Å². The van der Waals surface area contributed by atoms with Crippen molar-refractivity contribution in [3.05, 3.63) is 33.8 Å². The van der Waals surface area contributed by atoms with Crippen molar-refractivity contribution in [1.82, 2.24) is 10.2 Å². The lowest BCUT2D eigenvalue weighted by atomic mass is 10.2. The summed E-state index contributed by atoms with van der Waals surface area (Å²) in [7, 11) is 1.98. The fourth-order valence-corrected chi connectivity index (χ4v) is 2.10. The molecule has 3 nitrogen and oxygen atoms in total. The Morgan fingerprint density at radius 1 is 1.33 bits per heavy atom. The molecule has 0 bridgehead atoms. The highest BCUT2D eigenvalue weighted by Gasteiger charge is 2.06. The number of aromatic nitrogens is 2. The second kappa shape index (κ2) is 4.12. The molecule has 0 unspecified atom stereocenters. The van der Waals surface area contributed by atoms with E-state index in [0.29, 0.717) is 3.95 Å². The molecule has 5 heteroatoms. The number of hydrogen-bond donors (Lipinski definition) is 1. The Morgan fingerprint density at radius 2 is 2.00 bits per heavy atom. The van der Waals surface area contributed by atoms with Gasteiger partial charge in [0.25, 0.3) is 0 Å². The standard InChI is InChI=1S/C10H11N3S2/c1-7-3-5-8(6-4-7)13(2)9-11-12-10(14)15-9/h3-6H,1-2H3,(H,12,14). The zero-order valence-electron chi connectivity index (χ0n) is 8.52. The first-order valence-electron chi connectivity index (χ1n) is 4.53. The maximum Gasteiger partial charge on any atom is 0.211 e. The number of H-pyrrole nitrogens is 1. The third-order valence-electron chi connectivity index (χ3n) is 2.14. The van der Waals surface area contributed by atoms with Crippen LogP contribution in [0.25, 0.3) is 0 Å². The zero-order valence-corrected chi connectivity index (χ0v) is 10.2. The van der Waals surface area contributed by atoms with Crippen LogP contribution in [0.1, 0.15) is 5.56 Å². The molecule has 0 amide bonds. The summed E-state index contributed by atoms with van der Waals surface area (Å²) in [4.78, 5) is 2.01. The molecule has 0 atom stereocenters. The molecule has 1 aromatic carbocycles. The van der Waals surface area contributed by atoms with Gasteiger partial charge in [0.05, 0.1) is 0 Å². The van der Waals surface area contributed by atoms with Gasteiger partial charge < -0.3 is 4.90 Å². The van der Waals surface area contributed by atoms with E-state index in [1.165, 1.54) is 16.9 Å². The molecule has 0 fully saturated rings. The Labute approximate surface area is 97.4 Å². The zero-order chi connectivity index (χ0) is 10.8. The predicted octanol–water partition coefficient (Wildman–Crippen LogP) is 3.28. The van der Waals surface area contributed by atoms with Gasteiger partial charge in [0.15, 0.2) is 3.95 Å². The molecule has 2 rings (SSSR count). The van der Waals surface area contributed by atoms with Gasteiger partial charge in [0.1, 0.15) is 0 Å². The molecule has 0 aliphatic heterocycles. The van der Waals surface area contributed by atoms with Gasteiger partial charge >= 0.3 is 0 Å². The minimum Gasteiger partial charge on any atom is -0.320 e. The van der Waals surface area contributed by atoms with Gasteiger partial charge in [-0.15, -0.1) is 5.10 Å². The van der Waals surface area contributed by atoms with E-state index < -0.39 is 0 Å². The molecule has 15 heavy (non-hydrogen) atoms. The fourth-order valence-electron chi connectivity index (χ4n) is 1.24. The monoisotopic (exact) mass is 237 g/mol. The number of rotatable bonds is 2. The van der Waals surface area contributed by atoms with Gasteiger partial charge in [-0.3, -0.25) is 5.10 Å². The van der Waals surface area contributed by atoms with Crippen LogP contribution in [-0.4, -0.2) is 17.2 Å². The molecule has 78 valence electrons. The maximum atomic E-state index is 5.00. The summed E-state index contributed by atoms with van der Waals surface area (Å²) in [6.45, 7) is 2.07. The lowest BCUT2D eigenvalue weighted by Gasteiger charge is -2.14. The first-order chi connectivity index (χ1) is 7.16. The first-order valence-corrected chi connectivity index (χ1v) is 5.75. The third-order valence-corrected chi connectivity index (χ3v) is 3.30. The normalized spacial score (nSPS) is 10.3. The Kier molecular flexibility index (Phi) is 2.83. The number of aromatic amines is 1. The first kappa shape index (κ1) is 10.3. The molecule has 2 aromatic rings. The second-order valence-electron chi connectivity index (χ2n) is 3.29. The van der Waals surface area contributed by atoms with Crippen LogP contribution in [0.5, 0.6) is 0 Å². The van der Waals surface area contributed by atoms with E-state index in [1.54, 1.807) is 0 Å². The largest absolute Gasteiger partial charge is 0.320 e. The van der Waals surface area contributed by atoms with Crippen molar-refractivity contribution in [2.24, 2.45) is 0 Å². The predicted molar refractivity (Wildman–Crippen MR) is 66.5 cm³/mol. The van der Waals surface area contributed by atoms with Crippen molar-refractivity contribution in [3.63, 3.8) is 0 Å². The lowest BCUT2D eigenvalue weighted by molar-refractivity contribution is 1.04. The van der Waals surface area contributed by atoms with Crippen molar-refractivity contribution < 1.29 is 0 Å². The van der Waals surface area contributed by atoms with E-state index in [1.807, 2.05) is 11.9 Å². The SMILES string of the molecule is Cc1ccc(N(C)c2n[nH]c(=S)s2)cc1. The van der Waals surface area contributed by atoms with Crippen molar-refractivity contribution in [2.45, 2.75) is 6.92 Å². The highest BCUT2D eigenvalue weighted by atomic mass is 32.1. The van der Waals surface area contributed by atoms with Gasteiger partial charge in [-0.05, 0) is 31.3 Å². The minimum atomic E-state index is 0.698. The highest BCUT2D eigenvalue weighted by Crippen LogP contribution is 2.25. The van der Waals surface area contributed by atoms with Gasteiger partial charge in [-0.1, -0.05) is 29.0 Å². The summed E-state index contributed by atoms with van der Waals surface area (Å²) in [5.41, 5.74) is 2.36. The summed E-state index contributed by atoms with van der Waals surface area (Å²) in [5, 5.41) is 7.78.